The largest absolute Gasteiger partial charge is 0.310 e. The lowest BCUT2D eigenvalue weighted by molar-refractivity contribution is 0.512. The van der Waals surface area contributed by atoms with Gasteiger partial charge < -0.3 is 5.32 Å². The van der Waals surface area contributed by atoms with Gasteiger partial charge >= 0.3 is 0 Å². The van der Waals surface area contributed by atoms with E-state index in [1.54, 1.807) is 0 Å². The lowest BCUT2D eigenvalue weighted by Gasteiger charge is -2.16. The second-order valence-electron chi connectivity index (χ2n) is 5.68. The highest BCUT2D eigenvalue weighted by atomic mass is 14.9. The van der Waals surface area contributed by atoms with Crippen LogP contribution in [0, 0.1) is 13.8 Å². The van der Waals surface area contributed by atoms with E-state index in [9.17, 15) is 0 Å². The van der Waals surface area contributed by atoms with Crippen LogP contribution in [0.25, 0.3) is 0 Å². The van der Waals surface area contributed by atoms with E-state index in [1.807, 2.05) is 0 Å². The van der Waals surface area contributed by atoms with Crippen LogP contribution in [0.1, 0.15) is 35.6 Å². The van der Waals surface area contributed by atoms with Gasteiger partial charge in [-0.1, -0.05) is 48.5 Å². The molecule has 0 aromatic heterocycles. The van der Waals surface area contributed by atoms with Crippen LogP contribution in [0.3, 0.4) is 0 Å². The highest BCUT2D eigenvalue weighted by Gasteiger charge is 2.05. The number of nitrogens with one attached hydrogen (secondary N) is 1. The minimum absolute atomic E-state index is 0.536. The molecule has 0 aliphatic rings. The third-order valence-electron chi connectivity index (χ3n) is 3.98. The molecule has 0 heterocycles. The van der Waals surface area contributed by atoms with Crippen LogP contribution >= 0.6 is 0 Å². The van der Waals surface area contributed by atoms with E-state index in [-0.39, 0.29) is 0 Å². The molecule has 106 valence electrons. The van der Waals surface area contributed by atoms with Crippen LogP contribution in [0.15, 0.2) is 48.5 Å². The number of benzene rings is 2. The standard InChI is InChI=1S/C19H25N/c1-15-8-7-9-16(2)19(15)14-20-17(3)12-13-18-10-5-4-6-11-18/h4-11,17,20H,12-14H2,1-3H3. The summed E-state index contributed by atoms with van der Waals surface area (Å²) >= 11 is 0. The Labute approximate surface area is 123 Å². The van der Waals surface area contributed by atoms with Crippen LogP contribution in [-0.4, -0.2) is 6.04 Å². The molecule has 1 nitrogen and oxygen atoms in total. The van der Waals surface area contributed by atoms with Crippen LogP contribution in [0.2, 0.25) is 0 Å². The Morgan fingerprint density at radius 2 is 1.55 bits per heavy atom. The zero-order chi connectivity index (χ0) is 14.4. The predicted octanol–water partition coefficient (Wildman–Crippen LogP) is 4.41. The molecule has 0 radical (unpaired) electrons. The predicted molar refractivity (Wildman–Crippen MR) is 87.0 cm³/mol. The van der Waals surface area contributed by atoms with Gasteiger partial charge in [-0.25, -0.2) is 0 Å². The molecule has 1 heteroatoms. The van der Waals surface area contributed by atoms with Crippen molar-refractivity contribution < 1.29 is 0 Å². The highest BCUT2D eigenvalue weighted by molar-refractivity contribution is 5.33. The van der Waals surface area contributed by atoms with Crippen molar-refractivity contribution in [2.75, 3.05) is 0 Å². The summed E-state index contributed by atoms with van der Waals surface area (Å²) in [6, 6.07) is 17.8. The van der Waals surface area contributed by atoms with E-state index in [2.05, 4.69) is 74.6 Å². The van der Waals surface area contributed by atoms with Gasteiger partial charge in [-0.3, -0.25) is 0 Å². The van der Waals surface area contributed by atoms with Gasteiger partial charge in [-0.15, -0.1) is 0 Å². The molecule has 0 amide bonds. The first-order valence-corrected chi connectivity index (χ1v) is 7.49. The minimum Gasteiger partial charge on any atom is -0.310 e. The van der Waals surface area contributed by atoms with E-state index >= 15 is 0 Å². The number of aryl methyl sites for hydroxylation is 3. The summed E-state index contributed by atoms with van der Waals surface area (Å²) in [5.41, 5.74) is 5.63. The van der Waals surface area contributed by atoms with Gasteiger partial charge in [-0.2, -0.15) is 0 Å². The second kappa shape index (κ2) is 7.25. The van der Waals surface area contributed by atoms with Crippen LogP contribution < -0.4 is 5.32 Å². The number of hydrogen-bond donors (Lipinski definition) is 1. The van der Waals surface area contributed by atoms with E-state index in [4.69, 9.17) is 0 Å². The Kier molecular flexibility index (Phi) is 5.37. The van der Waals surface area contributed by atoms with Crippen molar-refractivity contribution in [3.63, 3.8) is 0 Å². The van der Waals surface area contributed by atoms with Crippen molar-refractivity contribution in [3.8, 4) is 0 Å². The molecule has 1 N–H and O–H groups in total. The maximum absolute atomic E-state index is 3.65. The fourth-order valence-electron chi connectivity index (χ4n) is 2.53. The number of hydrogen-bond acceptors (Lipinski definition) is 1. The summed E-state index contributed by atoms with van der Waals surface area (Å²) < 4.78 is 0. The van der Waals surface area contributed by atoms with E-state index in [0.29, 0.717) is 6.04 Å². The fourth-order valence-corrected chi connectivity index (χ4v) is 2.53. The van der Waals surface area contributed by atoms with Crippen molar-refractivity contribution in [2.45, 2.75) is 46.2 Å². The van der Waals surface area contributed by atoms with E-state index in [1.165, 1.54) is 28.7 Å². The highest BCUT2D eigenvalue weighted by Crippen LogP contribution is 2.13. The molecule has 0 bridgehead atoms. The van der Waals surface area contributed by atoms with Gasteiger partial charge in [0.15, 0.2) is 0 Å². The molecular formula is C19H25N. The maximum Gasteiger partial charge on any atom is 0.0213 e. The topological polar surface area (TPSA) is 12.0 Å². The van der Waals surface area contributed by atoms with Crippen molar-refractivity contribution >= 4 is 0 Å². The van der Waals surface area contributed by atoms with Crippen LogP contribution in [0.4, 0.5) is 0 Å². The first-order valence-electron chi connectivity index (χ1n) is 7.49. The molecule has 0 aliphatic heterocycles. The Bertz CT molecular complexity index is 510. The molecule has 20 heavy (non-hydrogen) atoms. The molecule has 0 fully saturated rings. The summed E-state index contributed by atoms with van der Waals surface area (Å²) in [5, 5.41) is 3.65. The molecule has 0 aliphatic carbocycles. The smallest absolute Gasteiger partial charge is 0.0213 e. The van der Waals surface area contributed by atoms with Crippen molar-refractivity contribution in [2.24, 2.45) is 0 Å². The zero-order valence-corrected chi connectivity index (χ0v) is 12.8. The molecule has 1 atom stereocenters. The maximum atomic E-state index is 3.65. The second-order valence-corrected chi connectivity index (χ2v) is 5.68. The lowest BCUT2D eigenvalue weighted by Crippen LogP contribution is -2.26. The molecule has 0 saturated heterocycles. The monoisotopic (exact) mass is 267 g/mol. The Hall–Kier alpha value is -1.60. The van der Waals surface area contributed by atoms with E-state index in [0.717, 1.165) is 13.0 Å². The third-order valence-corrected chi connectivity index (χ3v) is 3.98. The van der Waals surface area contributed by atoms with Gasteiger partial charge in [0, 0.05) is 12.6 Å². The third kappa shape index (κ3) is 4.21. The summed E-state index contributed by atoms with van der Waals surface area (Å²) in [5.74, 6) is 0. The summed E-state index contributed by atoms with van der Waals surface area (Å²) in [7, 11) is 0. The first-order chi connectivity index (χ1) is 9.66. The molecule has 2 aromatic rings. The quantitative estimate of drug-likeness (QED) is 0.817. The lowest BCUT2D eigenvalue weighted by atomic mass is 10.0. The van der Waals surface area contributed by atoms with Crippen LogP contribution in [-0.2, 0) is 13.0 Å². The van der Waals surface area contributed by atoms with Gasteiger partial charge in [0.1, 0.15) is 0 Å². The Morgan fingerprint density at radius 3 is 2.20 bits per heavy atom. The van der Waals surface area contributed by atoms with Gasteiger partial charge in [0.25, 0.3) is 0 Å². The molecule has 2 aromatic carbocycles. The Balaban J connectivity index is 1.82. The molecular weight excluding hydrogens is 242 g/mol. The Morgan fingerprint density at radius 1 is 0.900 bits per heavy atom. The summed E-state index contributed by atoms with van der Waals surface area (Å²) in [4.78, 5) is 0. The van der Waals surface area contributed by atoms with E-state index < -0.39 is 0 Å². The average molecular weight is 267 g/mol. The average Bonchev–Trinajstić information content (AvgIpc) is 2.46. The van der Waals surface area contributed by atoms with Crippen molar-refractivity contribution in [1.29, 1.82) is 0 Å². The van der Waals surface area contributed by atoms with Gasteiger partial charge in [0.05, 0.1) is 0 Å². The zero-order valence-electron chi connectivity index (χ0n) is 12.8. The van der Waals surface area contributed by atoms with Crippen molar-refractivity contribution in [3.05, 3.63) is 70.8 Å². The number of rotatable bonds is 6. The van der Waals surface area contributed by atoms with Crippen LogP contribution in [0.5, 0.6) is 0 Å². The molecule has 2 rings (SSSR count). The molecule has 0 spiro atoms. The SMILES string of the molecule is Cc1cccc(C)c1CNC(C)CCc1ccccc1. The molecule has 0 saturated carbocycles. The normalized spacial score (nSPS) is 12.3. The summed E-state index contributed by atoms with van der Waals surface area (Å²) in [6.45, 7) is 7.63. The van der Waals surface area contributed by atoms with Crippen molar-refractivity contribution in [1.82, 2.24) is 5.32 Å². The summed E-state index contributed by atoms with van der Waals surface area (Å²) in [6.07, 6.45) is 2.32. The fraction of sp³-hybridized carbons (Fsp3) is 0.368. The minimum atomic E-state index is 0.536. The molecule has 1 unspecified atom stereocenters. The van der Waals surface area contributed by atoms with Gasteiger partial charge in [0.2, 0.25) is 0 Å². The first kappa shape index (κ1) is 14.8. The van der Waals surface area contributed by atoms with Gasteiger partial charge in [-0.05, 0) is 55.9 Å².